The van der Waals surface area contributed by atoms with Crippen LogP contribution in [0.15, 0.2) is 29.2 Å². The van der Waals surface area contributed by atoms with Crippen LogP contribution >= 0.6 is 0 Å². The number of hydrogen-bond donors (Lipinski definition) is 1. The van der Waals surface area contributed by atoms with Crippen molar-refractivity contribution in [1.29, 1.82) is 0 Å². The summed E-state index contributed by atoms with van der Waals surface area (Å²) in [5, 5.41) is 2.82. The van der Waals surface area contributed by atoms with Crippen molar-refractivity contribution >= 4 is 15.9 Å². The number of sulfonamides is 1. The van der Waals surface area contributed by atoms with Gasteiger partial charge in [-0.1, -0.05) is 19.8 Å². The highest BCUT2D eigenvalue weighted by Crippen LogP contribution is 2.22. The van der Waals surface area contributed by atoms with E-state index in [0.717, 1.165) is 32.1 Å². The highest BCUT2D eigenvalue weighted by atomic mass is 32.2. The fourth-order valence-electron chi connectivity index (χ4n) is 2.71. The zero-order chi connectivity index (χ0) is 18.3. The van der Waals surface area contributed by atoms with Gasteiger partial charge in [0, 0.05) is 19.1 Å². The van der Waals surface area contributed by atoms with E-state index in [1.165, 1.54) is 0 Å². The molecule has 0 spiro atoms. The van der Waals surface area contributed by atoms with Gasteiger partial charge in [0.25, 0.3) is 5.91 Å². The predicted molar refractivity (Wildman–Crippen MR) is 97.1 cm³/mol. The van der Waals surface area contributed by atoms with Crippen molar-refractivity contribution in [1.82, 2.24) is 9.62 Å². The quantitative estimate of drug-likeness (QED) is 0.802. The standard InChI is InChI=1S/C18H28N2O4S/c1-3-15(2)19-18(21)14-24-16-8-10-17(11-9-16)25(22,23)20-12-6-4-5-7-13-20/h8-11,15H,3-7,12-14H2,1-2H3,(H,19,21). The Bertz CT molecular complexity index is 650. The lowest BCUT2D eigenvalue weighted by atomic mass is 10.2. The molecule has 1 aliphatic rings. The summed E-state index contributed by atoms with van der Waals surface area (Å²) in [7, 11) is -3.45. The van der Waals surface area contributed by atoms with Crippen LogP contribution < -0.4 is 10.1 Å². The molecule has 0 saturated carbocycles. The van der Waals surface area contributed by atoms with Crippen molar-refractivity contribution in [2.75, 3.05) is 19.7 Å². The van der Waals surface area contributed by atoms with Crippen molar-refractivity contribution in [3.8, 4) is 5.75 Å². The monoisotopic (exact) mass is 368 g/mol. The normalized spacial score (nSPS) is 17.5. The minimum absolute atomic E-state index is 0.0808. The van der Waals surface area contributed by atoms with Gasteiger partial charge in [0.15, 0.2) is 6.61 Å². The van der Waals surface area contributed by atoms with Gasteiger partial charge in [0.1, 0.15) is 5.75 Å². The van der Waals surface area contributed by atoms with Gasteiger partial charge in [-0.25, -0.2) is 8.42 Å². The first-order chi connectivity index (χ1) is 11.9. The van der Waals surface area contributed by atoms with E-state index in [9.17, 15) is 13.2 Å². The average molecular weight is 368 g/mol. The van der Waals surface area contributed by atoms with Gasteiger partial charge < -0.3 is 10.1 Å². The number of nitrogens with zero attached hydrogens (tertiary/aromatic N) is 1. The van der Waals surface area contributed by atoms with Crippen LogP contribution in [-0.2, 0) is 14.8 Å². The van der Waals surface area contributed by atoms with Crippen LogP contribution in [0.4, 0.5) is 0 Å². The second-order valence-electron chi connectivity index (χ2n) is 6.46. The lowest BCUT2D eigenvalue weighted by Crippen LogP contribution is -2.35. The lowest BCUT2D eigenvalue weighted by Gasteiger charge is -2.20. The number of benzene rings is 1. The third kappa shape index (κ3) is 5.71. The number of carbonyl (C=O) groups is 1. The Balaban J connectivity index is 1.95. The van der Waals surface area contributed by atoms with Gasteiger partial charge in [-0.2, -0.15) is 4.31 Å². The Morgan fingerprint density at radius 3 is 2.32 bits per heavy atom. The molecule has 7 heteroatoms. The summed E-state index contributed by atoms with van der Waals surface area (Å²) < 4.78 is 32.4. The van der Waals surface area contributed by atoms with E-state index >= 15 is 0 Å². The average Bonchev–Trinajstić information content (AvgIpc) is 2.90. The summed E-state index contributed by atoms with van der Waals surface area (Å²) in [4.78, 5) is 12.0. The second-order valence-corrected chi connectivity index (χ2v) is 8.39. The van der Waals surface area contributed by atoms with E-state index in [1.807, 2.05) is 13.8 Å². The van der Waals surface area contributed by atoms with Crippen LogP contribution in [0, 0.1) is 0 Å². The fourth-order valence-corrected chi connectivity index (χ4v) is 4.22. The Morgan fingerprint density at radius 1 is 1.16 bits per heavy atom. The molecule has 6 nitrogen and oxygen atoms in total. The van der Waals surface area contributed by atoms with Crippen LogP contribution in [-0.4, -0.2) is 44.4 Å². The van der Waals surface area contributed by atoms with E-state index < -0.39 is 10.0 Å². The number of amides is 1. The molecule has 1 aliphatic heterocycles. The Labute approximate surface area is 150 Å². The first-order valence-corrected chi connectivity index (χ1v) is 10.4. The molecule has 0 bridgehead atoms. The number of nitrogens with one attached hydrogen (secondary N) is 1. The molecular weight excluding hydrogens is 340 g/mol. The van der Waals surface area contributed by atoms with Crippen molar-refractivity contribution in [2.24, 2.45) is 0 Å². The molecule has 1 heterocycles. The largest absolute Gasteiger partial charge is 0.484 e. The van der Waals surface area contributed by atoms with Crippen LogP contribution in [0.3, 0.4) is 0 Å². The maximum absolute atomic E-state index is 12.7. The van der Waals surface area contributed by atoms with Gasteiger partial charge in [0.05, 0.1) is 4.90 Å². The molecule has 1 N–H and O–H groups in total. The molecular formula is C18H28N2O4S. The third-order valence-corrected chi connectivity index (χ3v) is 6.33. The molecule has 1 amide bonds. The van der Waals surface area contributed by atoms with Gasteiger partial charge in [0.2, 0.25) is 10.0 Å². The summed E-state index contributed by atoms with van der Waals surface area (Å²) in [6.45, 7) is 5.00. The van der Waals surface area contributed by atoms with Gasteiger partial charge in [-0.15, -0.1) is 0 Å². The summed E-state index contributed by atoms with van der Waals surface area (Å²) in [5.74, 6) is 0.296. The molecule has 1 fully saturated rings. The Hall–Kier alpha value is -1.60. The van der Waals surface area contributed by atoms with Crippen LogP contribution in [0.5, 0.6) is 5.75 Å². The molecule has 25 heavy (non-hydrogen) atoms. The molecule has 2 rings (SSSR count). The Morgan fingerprint density at radius 2 is 1.76 bits per heavy atom. The number of hydrogen-bond acceptors (Lipinski definition) is 4. The van der Waals surface area contributed by atoms with Gasteiger partial charge >= 0.3 is 0 Å². The van der Waals surface area contributed by atoms with Gasteiger partial charge in [-0.3, -0.25) is 4.79 Å². The van der Waals surface area contributed by atoms with Gasteiger partial charge in [-0.05, 0) is 50.5 Å². The molecule has 1 unspecified atom stereocenters. The number of ether oxygens (including phenoxy) is 1. The first-order valence-electron chi connectivity index (χ1n) is 8.96. The van der Waals surface area contributed by atoms with E-state index in [-0.39, 0.29) is 23.5 Å². The highest BCUT2D eigenvalue weighted by Gasteiger charge is 2.25. The molecule has 0 aliphatic carbocycles. The smallest absolute Gasteiger partial charge is 0.258 e. The molecule has 140 valence electrons. The minimum atomic E-state index is -3.45. The van der Waals surface area contributed by atoms with Crippen molar-refractivity contribution in [3.05, 3.63) is 24.3 Å². The van der Waals surface area contributed by atoms with Crippen molar-refractivity contribution < 1.29 is 17.9 Å². The zero-order valence-corrected chi connectivity index (χ0v) is 15.8. The fraction of sp³-hybridized carbons (Fsp3) is 0.611. The molecule has 1 atom stereocenters. The van der Waals surface area contributed by atoms with E-state index in [0.29, 0.717) is 18.8 Å². The summed E-state index contributed by atoms with van der Waals surface area (Å²) in [6, 6.07) is 6.39. The van der Waals surface area contributed by atoms with Crippen LogP contribution in [0.1, 0.15) is 46.0 Å². The SMILES string of the molecule is CCC(C)NC(=O)COc1ccc(S(=O)(=O)N2CCCCCC2)cc1. The molecule has 1 saturated heterocycles. The summed E-state index contributed by atoms with van der Waals surface area (Å²) in [5.41, 5.74) is 0. The Kier molecular flexibility index (Phi) is 7.25. The van der Waals surface area contributed by atoms with Crippen molar-refractivity contribution in [2.45, 2.75) is 56.9 Å². The second kappa shape index (κ2) is 9.20. The topological polar surface area (TPSA) is 75.7 Å². The van der Waals surface area contributed by atoms with E-state index in [1.54, 1.807) is 28.6 Å². The summed E-state index contributed by atoms with van der Waals surface area (Å²) >= 11 is 0. The molecule has 1 aromatic carbocycles. The van der Waals surface area contributed by atoms with E-state index in [4.69, 9.17) is 4.74 Å². The molecule has 1 aromatic rings. The number of carbonyl (C=O) groups excluding carboxylic acids is 1. The highest BCUT2D eigenvalue weighted by molar-refractivity contribution is 7.89. The first kappa shape index (κ1) is 19.7. The third-order valence-electron chi connectivity index (χ3n) is 4.42. The zero-order valence-electron chi connectivity index (χ0n) is 15.0. The number of rotatable bonds is 7. The summed E-state index contributed by atoms with van der Waals surface area (Å²) in [6.07, 6.45) is 4.83. The maximum atomic E-state index is 12.7. The lowest BCUT2D eigenvalue weighted by molar-refractivity contribution is -0.123. The van der Waals surface area contributed by atoms with E-state index in [2.05, 4.69) is 5.32 Å². The van der Waals surface area contributed by atoms with Crippen LogP contribution in [0.25, 0.3) is 0 Å². The predicted octanol–water partition coefficient (Wildman–Crippen LogP) is 2.54. The van der Waals surface area contributed by atoms with Crippen LogP contribution in [0.2, 0.25) is 0 Å². The maximum Gasteiger partial charge on any atom is 0.258 e. The minimum Gasteiger partial charge on any atom is -0.484 e. The molecule has 0 aromatic heterocycles. The molecule has 0 radical (unpaired) electrons. The van der Waals surface area contributed by atoms with Crippen molar-refractivity contribution in [3.63, 3.8) is 0 Å².